The lowest BCUT2D eigenvalue weighted by Crippen LogP contribution is -2.20. The van der Waals surface area contributed by atoms with Crippen molar-refractivity contribution in [1.82, 2.24) is 5.32 Å². The molecule has 5 nitrogen and oxygen atoms in total. The Balaban J connectivity index is 2.53. The van der Waals surface area contributed by atoms with E-state index in [4.69, 9.17) is 0 Å². The second-order valence-corrected chi connectivity index (χ2v) is 4.83. The summed E-state index contributed by atoms with van der Waals surface area (Å²) in [7, 11) is 0. The van der Waals surface area contributed by atoms with Gasteiger partial charge in [0.25, 0.3) is 5.69 Å². The van der Waals surface area contributed by atoms with Gasteiger partial charge in [0.1, 0.15) is 0 Å². The fourth-order valence-corrected chi connectivity index (χ4v) is 2.09. The first-order chi connectivity index (χ1) is 8.56. The molecule has 1 unspecified atom stereocenters. The van der Waals surface area contributed by atoms with E-state index >= 15 is 0 Å². The maximum absolute atomic E-state index is 10.8. The fourth-order valence-electron chi connectivity index (χ4n) is 1.54. The van der Waals surface area contributed by atoms with Gasteiger partial charge in [-0.25, -0.2) is 0 Å². The van der Waals surface area contributed by atoms with E-state index in [0.717, 1.165) is 12.0 Å². The van der Waals surface area contributed by atoms with E-state index in [1.165, 1.54) is 6.07 Å². The van der Waals surface area contributed by atoms with Crippen LogP contribution in [0, 0.1) is 10.1 Å². The Kier molecular flexibility index (Phi) is 6.24. The van der Waals surface area contributed by atoms with Crippen LogP contribution in [0.2, 0.25) is 0 Å². The number of benzene rings is 1. The first-order valence-corrected chi connectivity index (χ1v) is 6.66. The van der Waals surface area contributed by atoms with E-state index in [0.29, 0.717) is 24.0 Å². The summed E-state index contributed by atoms with van der Waals surface area (Å²) in [4.78, 5) is 10.3. The summed E-state index contributed by atoms with van der Waals surface area (Å²) >= 11 is 3.25. The van der Waals surface area contributed by atoms with E-state index in [9.17, 15) is 15.2 Å². The SMILES string of the molecule is CCC(O)CCNCc1cccc([N+](=O)[O-])c1Br. The summed E-state index contributed by atoms with van der Waals surface area (Å²) in [6.45, 7) is 3.16. The molecule has 0 saturated heterocycles. The molecule has 0 aromatic heterocycles. The van der Waals surface area contributed by atoms with Gasteiger partial charge in [-0.1, -0.05) is 19.1 Å². The first-order valence-electron chi connectivity index (χ1n) is 5.86. The second-order valence-electron chi connectivity index (χ2n) is 4.03. The van der Waals surface area contributed by atoms with Crippen molar-refractivity contribution in [2.24, 2.45) is 0 Å². The zero-order chi connectivity index (χ0) is 13.5. The average molecular weight is 317 g/mol. The van der Waals surface area contributed by atoms with Crippen LogP contribution < -0.4 is 5.32 Å². The third-order valence-electron chi connectivity index (χ3n) is 2.70. The van der Waals surface area contributed by atoms with Crippen LogP contribution in [-0.2, 0) is 6.54 Å². The molecule has 2 N–H and O–H groups in total. The lowest BCUT2D eigenvalue weighted by atomic mass is 10.2. The normalized spacial score (nSPS) is 12.4. The number of rotatable bonds is 7. The Hall–Kier alpha value is -0.980. The molecular formula is C12H17BrN2O3. The monoisotopic (exact) mass is 316 g/mol. The van der Waals surface area contributed by atoms with Crippen LogP contribution in [0.4, 0.5) is 5.69 Å². The third-order valence-corrected chi connectivity index (χ3v) is 3.61. The molecule has 1 aromatic rings. The molecular weight excluding hydrogens is 300 g/mol. The Bertz CT molecular complexity index is 412. The molecule has 0 aliphatic heterocycles. The van der Waals surface area contributed by atoms with Crippen LogP contribution >= 0.6 is 15.9 Å². The van der Waals surface area contributed by atoms with E-state index in [1.807, 2.05) is 13.0 Å². The van der Waals surface area contributed by atoms with Crippen LogP contribution in [0.1, 0.15) is 25.3 Å². The first kappa shape index (κ1) is 15.1. The van der Waals surface area contributed by atoms with Crippen LogP contribution in [0.5, 0.6) is 0 Å². The maximum Gasteiger partial charge on any atom is 0.283 e. The number of nitro groups is 1. The van der Waals surface area contributed by atoms with E-state index in [1.54, 1.807) is 6.07 Å². The minimum Gasteiger partial charge on any atom is -0.393 e. The lowest BCUT2D eigenvalue weighted by molar-refractivity contribution is -0.385. The number of aliphatic hydroxyl groups is 1. The predicted molar refractivity (Wildman–Crippen MR) is 73.4 cm³/mol. The molecule has 1 atom stereocenters. The molecule has 18 heavy (non-hydrogen) atoms. The number of aliphatic hydroxyl groups excluding tert-OH is 1. The number of hydrogen-bond donors (Lipinski definition) is 2. The summed E-state index contributed by atoms with van der Waals surface area (Å²) in [6, 6.07) is 4.97. The average Bonchev–Trinajstić information content (AvgIpc) is 2.35. The lowest BCUT2D eigenvalue weighted by Gasteiger charge is -2.09. The van der Waals surface area contributed by atoms with Gasteiger partial charge in [0.05, 0.1) is 15.5 Å². The fraction of sp³-hybridized carbons (Fsp3) is 0.500. The molecule has 0 amide bonds. The zero-order valence-corrected chi connectivity index (χ0v) is 11.8. The molecule has 0 aliphatic carbocycles. The van der Waals surface area contributed by atoms with Gasteiger partial charge in [-0.3, -0.25) is 10.1 Å². The van der Waals surface area contributed by atoms with Crippen LogP contribution in [0.15, 0.2) is 22.7 Å². The molecule has 0 aliphatic rings. The molecule has 0 fully saturated rings. The van der Waals surface area contributed by atoms with Crippen molar-refractivity contribution in [1.29, 1.82) is 0 Å². The number of nitrogens with zero attached hydrogens (tertiary/aromatic N) is 1. The van der Waals surface area contributed by atoms with Crippen molar-refractivity contribution in [3.05, 3.63) is 38.3 Å². The smallest absolute Gasteiger partial charge is 0.283 e. The number of nitrogens with one attached hydrogen (secondary N) is 1. The van der Waals surface area contributed by atoms with Gasteiger partial charge >= 0.3 is 0 Å². The number of nitro benzene ring substituents is 1. The van der Waals surface area contributed by atoms with Crippen LogP contribution in [0.3, 0.4) is 0 Å². The van der Waals surface area contributed by atoms with Crippen molar-refractivity contribution in [2.75, 3.05) is 6.54 Å². The highest BCUT2D eigenvalue weighted by molar-refractivity contribution is 9.10. The molecule has 0 radical (unpaired) electrons. The van der Waals surface area contributed by atoms with E-state index in [2.05, 4.69) is 21.2 Å². The predicted octanol–water partition coefficient (Wildman–Crippen LogP) is 2.61. The standard InChI is InChI=1S/C12H17BrN2O3/c1-2-10(16)6-7-14-8-9-4-3-5-11(12(9)13)15(17)18/h3-5,10,14,16H,2,6-8H2,1H3. The Labute approximate surface area is 114 Å². The highest BCUT2D eigenvalue weighted by atomic mass is 79.9. The van der Waals surface area contributed by atoms with Gasteiger partial charge in [-0.05, 0) is 40.9 Å². The zero-order valence-electron chi connectivity index (χ0n) is 10.2. The van der Waals surface area contributed by atoms with Gasteiger partial charge in [-0.2, -0.15) is 0 Å². The minimum absolute atomic E-state index is 0.0721. The Morgan fingerprint density at radius 1 is 1.56 bits per heavy atom. The molecule has 6 heteroatoms. The van der Waals surface area contributed by atoms with Crippen molar-refractivity contribution in [3.63, 3.8) is 0 Å². The topological polar surface area (TPSA) is 75.4 Å². The van der Waals surface area contributed by atoms with Crippen molar-refractivity contribution >= 4 is 21.6 Å². The summed E-state index contributed by atoms with van der Waals surface area (Å²) in [6.07, 6.45) is 1.14. The number of hydrogen-bond acceptors (Lipinski definition) is 4. The van der Waals surface area contributed by atoms with E-state index in [-0.39, 0.29) is 11.8 Å². The minimum atomic E-state index is -0.408. The highest BCUT2D eigenvalue weighted by Crippen LogP contribution is 2.27. The molecule has 1 aromatic carbocycles. The van der Waals surface area contributed by atoms with Crippen molar-refractivity contribution in [2.45, 2.75) is 32.4 Å². The summed E-state index contributed by atoms with van der Waals surface area (Å²) in [5.74, 6) is 0. The molecule has 1 rings (SSSR count). The molecule has 0 heterocycles. The van der Waals surface area contributed by atoms with Gasteiger partial charge in [0, 0.05) is 12.6 Å². The quantitative estimate of drug-likeness (QED) is 0.460. The molecule has 0 saturated carbocycles. The van der Waals surface area contributed by atoms with Gasteiger partial charge in [-0.15, -0.1) is 0 Å². The van der Waals surface area contributed by atoms with E-state index < -0.39 is 4.92 Å². The largest absolute Gasteiger partial charge is 0.393 e. The summed E-state index contributed by atoms with van der Waals surface area (Å²) in [5.41, 5.74) is 0.915. The highest BCUT2D eigenvalue weighted by Gasteiger charge is 2.14. The summed E-state index contributed by atoms with van der Waals surface area (Å²) < 4.78 is 0.513. The maximum atomic E-state index is 10.8. The van der Waals surface area contributed by atoms with Crippen LogP contribution in [0.25, 0.3) is 0 Å². The second kappa shape index (κ2) is 7.45. The van der Waals surface area contributed by atoms with Gasteiger partial charge < -0.3 is 10.4 Å². The number of halogens is 1. The summed E-state index contributed by atoms with van der Waals surface area (Å²) in [5, 5.41) is 23.3. The van der Waals surface area contributed by atoms with Crippen LogP contribution in [-0.4, -0.2) is 22.7 Å². The molecule has 100 valence electrons. The van der Waals surface area contributed by atoms with Crippen molar-refractivity contribution in [3.8, 4) is 0 Å². The van der Waals surface area contributed by atoms with Gasteiger partial charge in [0.2, 0.25) is 0 Å². The molecule has 0 bridgehead atoms. The van der Waals surface area contributed by atoms with Gasteiger partial charge in [0.15, 0.2) is 0 Å². The Morgan fingerprint density at radius 3 is 2.89 bits per heavy atom. The molecule has 0 spiro atoms. The third kappa shape index (κ3) is 4.36. The Morgan fingerprint density at radius 2 is 2.28 bits per heavy atom. The van der Waals surface area contributed by atoms with Crippen molar-refractivity contribution < 1.29 is 10.0 Å².